The number of ketones is 2. The fraction of sp³-hybridized carbons (Fsp3) is 0.484. The molecule has 37 heavy (non-hydrogen) atoms. The van der Waals surface area contributed by atoms with Crippen molar-refractivity contribution in [1.29, 1.82) is 0 Å². The molecule has 0 aliphatic heterocycles. The van der Waals surface area contributed by atoms with Gasteiger partial charge in [0.15, 0.2) is 17.9 Å². The zero-order valence-electron chi connectivity index (χ0n) is 22.3. The molecule has 0 spiro atoms. The third-order valence-electron chi connectivity index (χ3n) is 6.30. The fourth-order valence-corrected chi connectivity index (χ4v) is 4.11. The maximum absolute atomic E-state index is 13.4. The van der Waals surface area contributed by atoms with Crippen molar-refractivity contribution < 1.29 is 28.7 Å². The Kier molecular flexibility index (Phi) is 13.9. The lowest BCUT2D eigenvalue weighted by molar-refractivity contribution is 0.0954. The predicted octanol–water partition coefficient (Wildman–Crippen LogP) is 8.15. The molecule has 0 heterocycles. The zero-order chi connectivity index (χ0) is 26.9. The van der Waals surface area contributed by atoms with Crippen LogP contribution in [0.25, 0.3) is 0 Å². The van der Waals surface area contributed by atoms with E-state index >= 15 is 0 Å². The topological polar surface area (TPSA) is 86.7 Å². The minimum Gasteiger partial charge on any atom is -0.434 e. The second-order valence-corrected chi connectivity index (χ2v) is 9.30. The molecule has 6 heteroatoms. The van der Waals surface area contributed by atoms with Crippen molar-refractivity contribution in [2.45, 2.75) is 90.9 Å². The van der Waals surface area contributed by atoms with Gasteiger partial charge in [0.2, 0.25) is 0 Å². The lowest BCUT2D eigenvalue weighted by Gasteiger charge is -2.12. The summed E-state index contributed by atoms with van der Waals surface area (Å²) in [5.74, 6) is -0.580. The summed E-state index contributed by atoms with van der Waals surface area (Å²) in [7, 11) is 0. The molecule has 0 aromatic heterocycles. The Morgan fingerprint density at radius 1 is 0.757 bits per heavy atom. The first-order chi connectivity index (χ1) is 18.0. The van der Waals surface area contributed by atoms with Crippen LogP contribution in [-0.4, -0.2) is 30.6 Å². The van der Waals surface area contributed by atoms with E-state index in [1.165, 1.54) is 37.5 Å². The van der Waals surface area contributed by atoms with E-state index in [-0.39, 0.29) is 34.8 Å². The Bertz CT molecular complexity index is 1030. The second-order valence-electron chi connectivity index (χ2n) is 9.30. The number of aldehydes is 1. The minimum absolute atomic E-state index is 0.00172. The van der Waals surface area contributed by atoms with Gasteiger partial charge in [-0.3, -0.25) is 14.4 Å². The third kappa shape index (κ3) is 10.3. The SMILES string of the molecule is CCCCCCCCOC(=O)Oc1ccc(C(=O)CCCCCCC)cc1C(=O)c1ccccc1C=O. The second kappa shape index (κ2) is 17.2. The molecule has 0 fully saturated rings. The first-order valence-electron chi connectivity index (χ1n) is 13.6. The van der Waals surface area contributed by atoms with Gasteiger partial charge >= 0.3 is 6.16 Å². The van der Waals surface area contributed by atoms with Gasteiger partial charge in [0, 0.05) is 23.1 Å². The third-order valence-corrected chi connectivity index (χ3v) is 6.30. The van der Waals surface area contributed by atoms with Crippen molar-refractivity contribution in [3.8, 4) is 5.75 Å². The molecule has 0 unspecified atom stereocenters. The van der Waals surface area contributed by atoms with Crippen LogP contribution in [0.4, 0.5) is 4.79 Å². The molecule has 0 saturated carbocycles. The lowest BCUT2D eigenvalue weighted by atomic mass is 9.95. The number of carbonyl (C=O) groups is 4. The summed E-state index contributed by atoms with van der Waals surface area (Å²) in [5.41, 5.74) is 0.807. The molecule has 2 rings (SSSR count). The summed E-state index contributed by atoms with van der Waals surface area (Å²) in [6.45, 7) is 4.53. The van der Waals surface area contributed by atoms with Crippen LogP contribution in [-0.2, 0) is 4.74 Å². The fourth-order valence-electron chi connectivity index (χ4n) is 4.11. The average Bonchev–Trinajstić information content (AvgIpc) is 2.92. The molecule has 0 atom stereocenters. The molecule has 0 aliphatic carbocycles. The number of benzene rings is 2. The number of carbonyl (C=O) groups excluding carboxylic acids is 4. The van der Waals surface area contributed by atoms with E-state index in [1.54, 1.807) is 24.3 Å². The maximum Gasteiger partial charge on any atom is 0.513 e. The predicted molar refractivity (Wildman–Crippen MR) is 145 cm³/mol. The van der Waals surface area contributed by atoms with Gasteiger partial charge in [0.05, 0.1) is 12.2 Å². The zero-order valence-corrected chi connectivity index (χ0v) is 22.3. The number of Topliss-reactive ketones (excluding diaryl/α,β-unsaturated/α-hetero) is 1. The van der Waals surface area contributed by atoms with Crippen LogP contribution in [0, 0.1) is 0 Å². The minimum atomic E-state index is -0.902. The Balaban J connectivity index is 2.15. The van der Waals surface area contributed by atoms with Crippen molar-refractivity contribution in [3.63, 3.8) is 0 Å². The molecule has 0 N–H and O–H groups in total. The van der Waals surface area contributed by atoms with Crippen LogP contribution in [0.1, 0.15) is 128 Å². The summed E-state index contributed by atoms with van der Waals surface area (Å²) in [6, 6.07) is 10.9. The molecule has 2 aromatic carbocycles. The maximum atomic E-state index is 13.4. The van der Waals surface area contributed by atoms with Gasteiger partial charge in [0.25, 0.3) is 0 Å². The van der Waals surface area contributed by atoms with Gasteiger partial charge in [-0.25, -0.2) is 4.79 Å². The van der Waals surface area contributed by atoms with E-state index in [9.17, 15) is 19.2 Å². The first kappa shape index (κ1) is 29.9. The molecule has 0 saturated heterocycles. The molecule has 0 amide bonds. The van der Waals surface area contributed by atoms with Crippen LogP contribution in [0.3, 0.4) is 0 Å². The monoisotopic (exact) mass is 508 g/mol. The van der Waals surface area contributed by atoms with Crippen LogP contribution < -0.4 is 4.74 Å². The summed E-state index contributed by atoms with van der Waals surface area (Å²) in [6.07, 6.45) is 11.5. The molecule has 200 valence electrons. The van der Waals surface area contributed by atoms with Crippen molar-refractivity contribution in [2.75, 3.05) is 6.61 Å². The van der Waals surface area contributed by atoms with Crippen LogP contribution in [0.5, 0.6) is 5.75 Å². The summed E-state index contributed by atoms with van der Waals surface area (Å²) in [4.78, 5) is 50.1. The Labute approximate surface area is 220 Å². The Hall–Kier alpha value is -3.28. The van der Waals surface area contributed by atoms with E-state index in [1.807, 2.05) is 0 Å². The van der Waals surface area contributed by atoms with E-state index < -0.39 is 11.9 Å². The van der Waals surface area contributed by atoms with Gasteiger partial charge in [-0.15, -0.1) is 0 Å². The number of rotatable bonds is 18. The summed E-state index contributed by atoms with van der Waals surface area (Å²) in [5, 5.41) is 0. The van der Waals surface area contributed by atoms with Crippen LogP contribution in [0.2, 0.25) is 0 Å². The molecular formula is C31H40O6. The van der Waals surface area contributed by atoms with Gasteiger partial charge in [-0.05, 0) is 31.0 Å². The van der Waals surface area contributed by atoms with E-state index in [2.05, 4.69) is 13.8 Å². The molecule has 2 aromatic rings. The number of hydrogen-bond acceptors (Lipinski definition) is 6. The lowest BCUT2D eigenvalue weighted by Crippen LogP contribution is -2.15. The number of ether oxygens (including phenoxy) is 2. The van der Waals surface area contributed by atoms with Gasteiger partial charge in [0.1, 0.15) is 5.75 Å². The highest BCUT2D eigenvalue weighted by Crippen LogP contribution is 2.26. The highest BCUT2D eigenvalue weighted by Gasteiger charge is 2.22. The Morgan fingerprint density at radius 2 is 1.41 bits per heavy atom. The van der Waals surface area contributed by atoms with Crippen LogP contribution in [0.15, 0.2) is 42.5 Å². The first-order valence-corrected chi connectivity index (χ1v) is 13.6. The highest BCUT2D eigenvalue weighted by atomic mass is 16.7. The Morgan fingerprint density at radius 3 is 2.11 bits per heavy atom. The summed E-state index contributed by atoms with van der Waals surface area (Å²) >= 11 is 0. The van der Waals surface area contributed by atoms with Crippen LogP contribution >= 0.6 is 0 Å². The summed E-state index contributed by atoms with van der Waals surface area (Å²) < 4.78 is 10.6. The van der Waals surface area contributed by atoms with E-state index in [4.69, 9.17) is 9.47 Å². The van der Waals surface area contributed by atoms with Crippen molar-refractivity contribution in [2.24, 2.45) is 0 Å². The molecule has 0 aliphatic rings. The highest BCUT2D eigenvalue weighted by molar-refractivity contribution is 6.15. The molecule has 6 nitrogen and oxygen atoms in total. The average molecular weight is 509 g/mol. The molecule has 0 radical (unpaired) electrons. The van der Waals surface area contributed by atoms with E-state index in [0.717, 1.165) is 51.4 Å². The molecular weight excluding hydrogens is 468 g/mol. The standard InChI is InChI=1S/C31H40O6/c1-3-5-7-9-11-15-21-36-31(35)37-29-20-19-24(28(33)18-12-10-8-6-4-2)22-27(29)30(34)26-17-14-13-16-25(26)23-32/h13-14,16-17,19-20,22-23H,3-12,15,18,21H2,1-2H3. The largest absolute Gasteiger partial charge is 0.513 e. The van der Waals surface area contributed by atoms with Crippen molar-refractivity contribution >= 4 is 24.0 Å². The number of hydrogen-bond donors (Lipinski definition) is 0. The van der Waals surface area contributed by atoms with Crippen molar-refractivity contribution in [1.82, 2.24) is 0 Å². The normalized spacial score (nSPS) is 10.6. The van der Waals surface area contributed by atoms with Gasteiger partial charge in [-0.2, -0.15) is 0 Å². The quantitative estimate of drug-likeness (QED) is 0.0664. The smallest absolute Gasteiger partial charge is 0.434 e. The van der Waals surface area contributed by atoms with Crippen molar-refractivity contribution in [3.05, 3.63) is 64.7 Å². The van der Waals surface area contributed by atoms with Gasteiger partial charge < -0.3 is 9.47 Å². The molecule has 0 bridgehead atoms. The van der Waals surface area contributed by atoms with Gasteiger partial charge in [-0.1, -0.05) is 95.9 Å². The van der Waals surface area contributed by atoms with E-state index in [0.29, 0.717) is 18.3 Å². The number of unbranched alkanes of at least 4 members (excludes halogenated alkanes) is 9.